The number of hydrogen-bond donors (Lipinski definition) is 2. The maximum Gasteiger partial charge on any atom is 0.125 e. The Bertz CT molecular complexity index is 593. The molecule has 0 radical (unpaired) electrons. The molecule has 3 nitrogen and oxygen atoms in total. The Labute approximate surface area is 144 Å². The molecule has 0 aliphatic carbocycles. The van der Waals surface area contributed by atoms with E-state index >= 15 is 0 Å². The first-order valence-electron chi connectivity index (χ1n) is 7.74. The van der Waals surface area contributed by atoms with Gasteiger partial charge in [0.25, 0.3) is 0 Å². The van der Waals surface area contributed by atoms with E-state index in [9.17, 15) is 5.11 Å². The fraction of sp³-hybridized carbons (Fsp3) is 0.368. The third kappa shape index (κ3) is 4.96. The second-order valence-corrected chi connectivity index (χ2v) is 5.76. The molecular formula is C19H26ClNO2. The van der Waals surface area contributed by atoms with Crippen LogP contribution in [0.3, 0.4) is 0 Å². The van der Waals surface area contributed by atoms with E-state index in [1.54, 1.807) is 0 Å². The van der Waals surface area contributed by atoms with Gasteiger partial charge >= 0.3 is 0 Å². The summed E-state index contributed by atoms with van der Waals surface area (Å²) in [4.78, 5) is 0. The van der Waals surface area contributed by atoms with Crippen LogP contribution in [-0.2, 0) is 6.61 Å². The quantitative estimate of drug-likeness (QED) is 0.836. The van der Waals surface area contributed by atoms with Crippen molar-refractivity contribution in [2.45, 2.75) is 45.9 Å². The molecule has 0 saturated carbocycles. The minimum Gasteiger partial charge on any atom is -0.488 e. The molecule has 4 heteroatoms. The molecule has 0 saturated heterocycles. The van der Waals surface area contributed by atoms with Crippen LogP contribution in [0.15, 0.2) is 42.5 Å². The molecule has 0 heterocycles. The molecule has 3 N–H and O–H groups in total. The lowest BCUT2D eigenvalue weighted by Gasteiger charge is -2.20. The molecule has 2 atom stereocenters. The number of hydrogen-bond acceptors (Lipinski definition) is 3. The number of halogens is 1. The Balaban J connectivity index is 0.00000264. The molecule has 0 aliphatic heterocycles. The van der Waals surface area contributed by atoms with Crippen LogP contribution in [0.5, 0.6) is 5.75 Å². The van der Waals surface area contributed by atoms with Gasteiger partial charge in [0.05, 0.1) is 12.1 Å². The van der Waals surface area contributed by atoms with Gasteiger partial charge in [-0.1, -0.05) is 49.4 Å². The summed E-state index contributed by atoms with van der Waals surface area (Å²) in [6, 6.07) is 13.8. The molecule has 126 valence electrons. The summed E-state index contributed by atoms with van der Waals surface area (Å²) in [7, 11) is 0. The largest absolute Gasteiger partial charge is 0.488 e. The van der Waals surface area contributed by atoms with E-state index in [4.69, 9.17) is 10.5 Å². The van der Waals surface area contributed by atoms with Crippen molar-refractivity contribution < 1.29 is 9.84 Å². The number of benzene rings is 2. The lowest BCUT2D eigenvalue weighted by Crippen LogP contribution is -2.25. The topological polar surface area (TPSA) is 55.5 Å². The zero-order valence-electron chi connectivity index (χ0n) is 14.0. The van der Waals surface area contributed by atoms with E-state index in [1.165, 1.54) is 0 Å². The lowest BCUT2D eigenvalue weighted by molar-refractivity contribution is 0.140. The Hall–Kier alpha value is -1.55. The van der Waals surface area contributed by atoms with Crippen molar-refractivity contribution in [3.63, 3.8) is 0 Å². The van der Waals surface area contributed by atoms with Gasteiger partial charge in [0.2, 0.25) is 0 Å². The van der Waals surface area contributed by atoms with Crippen LogP contribution in [0.25, 0.3) is 0 Å². The summed E-state index contributed by atoms with van der Waals surface area (Å²) < 4.78 is 5.97. The van der Waals surface area contributed by atoms with Crippen LogP contribution in [0.1, 0.15) is 41.6 Å². The first-order chi connectivity index (χ1) is 10.5. The minimum atomic E-state index is -0.519. The molecule has 0 aliphatic rings. The summed E-state index contributed by atoms with van der Waals surface area (Å²) in [5, 5.41) is 9.93. The highest BCUT2D eigenvalue weighted by molar-refractivity contribution is 5.85. The van der Waals surface area contributed by atoms with Crippen LogP contribution in [-0.4, -0.2) is 11.2 Å². The van der Waals surface area contributed by atoms with E-state index in [1.807, 2.05) is 63.2 Å². The number of nitrogens with two attached hydrogens (primary N) is 1. The standard InChI is InChI=1S/C19H25NO2.ClH/c1-4-17(21)18(20)16-10-13(2)19(14(3)11-16)22-12-15-8-6-5-7-9-15;/h5-11,17-18,21H,4,12,20H2,1-3H3;1H/t17-,18+;/m0./s1. The van der Waals surface area contributed by atoms with Crippen molar-refractivity contribution in [3.05, 3.63) is 64.7 Å². The Morgan fingerprint density at radius 1 is 1.09 bits per heavy atom. The lowest BCUT2D eigenvalue weighted by atomic mass is 9.96. The zero-order chi connectivity index (χ0) is 16.1. The summed E-state index contributed by atoms with van der Waals surface area (Å²) in [5.74, 6) is 0.894. The first-order valence-corrected chi connectivity index (χ1v) is 7.74. The van der Waals surface area contributed by atoms with Gasteiger partial charge in [-0.15, -0.1) is 12.4 Å². The van der Waals surface area contributed by atoms with Gasteiger partial charge in [0.1, 0.15) is 12.4 Å². The van der Waals surface area contributed by atoms with Gasteiger partial charge in [-0.3, -0.25) is 0 Å². The van der Waals surface area contributed by atoms with Gasteiger partial charge in [0.15, 0.2) is 0 Å². The zero-order valence-corrected chi connectivity index (χ0v) is 14.8. The highest BCUT2D eigenvalue weighted by Crippen LogP contribution is 2.29. The monoisotopic (exact) mass is 335 g/mol. The van der Waals surface area contributed by atoms with Gasteiger partial charge < -0.3 is 15.6 Å². The molecular weight excluding hydrogens is 310 g/mol. The Kier molecular flexibility index (Phi) is 7.56. The predicted octanol–water partition coefficient (Wildman–Crippen LogP) is 4.07. The van der Waals surface area contributed by atoms with Crippen LogP contribution in [0, 0.1) is 13.8 Å². The SMILES string of the molecule is CC[C@H](O)[C@H](N)c1cc(C)c(OCc2ccccc2)c(C)c1.Cl. The van der Waals surface area contributed by atoms with Crippen molar-refractivity contribution in [1.29, 1.82) is 0 Å². The van der Waals surface area contributed by atoms with Crippen molar-refractivity contribution >= 4 is 12.4 Å². The molecule has 0 spiro atoms. The number of rotatable bonds is 6. The molecule has 0 bridgehead atoms. The van der Waals surface area contributed by atoms with Crippen molar-refractivity contribution in [3.8, 4) is 5.75 Å². The van der Waals surface area contributed by atoms with Gasteiger partial charge in [-0.25, -0.2) is 0 Å². The molecule has 2 aromatic rings. The van der Waals surface area contributed by atoms with Crippen LogP contribution >= 0.6 is 12.4 Å². The number of ether oxygens (including phenoxy) is 1. The van der Waals surface area contributed by atoms with Gasteiger partial charge in [0, 0.05) is 0 Å². The van der Waals surface area contributed by atoms with E-state index in [-0.39, 0.29) is 18.4 Å². The maximum absolute atomic E-state index is 9.93. The number of aliphatic hydroxyl groups excluding tert-OH is 1. The normalized spacial score (nSPS) is 13.1. The average Bonchev–Trinajstić information content (AvgIpc) is 2.53. The number of aryl methyl sites for hydroxylation is 2. The van der Waals surface area contributed by atoms with Gasteiger partial charge in [-0.05, 0) is 42.5 Å². The van der Waals surface area contributed by atoms with E-state index in [0.717, 1.165) is 28.0 Å². The van der Waals surface area contributed by atoms with Crippen molar-refractivity contribution in [1.82, 2.24) is 0 Å². The molecule has 2 aromatic carbocycles. The fourth-order valence-corrected chi connectivity index (χ4v) is 2.61. The second-order valence-electron chi connectivity index (χ2n) is 5.76. The third-order valence-electron chi connectivity index (χ3n) is 3.93. The average molecular weight is 336 g/mol. The second kappa shape index (κ2) is 8.92. The predicted molar refractivity (Wildman–Crippen MR) is 97.2 cm³/mol. The third-order valence-corrected chi connectivity index (χ3v) is 3.93. The Morgan fingerprint density at radius 3 is 2.17 bits per heavy atom. The maximum atomic E-state index is 9.93. The van der Waals surface area contributed by atoms with E-state index in [2.05, 4.69) is 0 Å². The summed E-state index contributed by atoms with van der Waals surface area (Å²) >= 11 is 0. The highest BCUT2D eigenvalue weighted by atomic mass is 35.5. The molecule has 0 amide bonds. The van der Waals surface area contributed by atoms with E-state index < -0.39 is 6.10 Å². The minimum absolute atomic E-state index is 0. The smallest absolute Gasteiger partial charge is 0.125 e. The molecule has 0 fully saturated rings. The highest BCUT2D eigenvalue weighted by Gasteiger charge is 2.17. The Morgan fingerprint density at radius 2 is 1.65 bits per heavy atom. The summed E-state index contributed by atoms with van der Waals surface area (Å²) in [6.45, 7) is 6.51. The van der Waals surface area contributed by atoms with Crippen LogP contribution in [0.4, 0.5) is 0 Å². The molecule has 2 rings (SSSR count). The first kappa shape index (κ1) is 19.5. The van der Waals surface area contributed by atoms with Gasteiger partial charge in [-0.2, -0.15) is 0 Å². The van der Waals surface area contributed by atoms with Crippen LogP contribution < -0.4 is 10.5 Å². The molecule has 23 heavy (non-hydrogen) atoms. The molecule has 0 aromatic heterocycles. The molecule has 0 unspecified atom stereocenters. The van der Waals surface area contributed by atoms with E-state index in [0.29, 0.717) is 13.0 Å². The van der Waals surface area contributed by atoms with Crippen LogP contribution in [0.2, 0.25) is 0 Å². The summed E-state index contributed by atoms with van der Waals surface area (Å²) in [6.07, 6.45) is 0.126. The summed E-state index contributed by atoms with van der Waals surface area (Å²) in [5.41, 5.74) is 10.3. The van der Waals surface area contributed by atoms with Crippen molar-refractivity contribution in [2.24, 2.45) is 5.73 Å². The number of aliphatic hydroxyl groups is 1. The van der Waals surface area contributed by atoms with Crippen molar-refractivity contribution in [2.75, 3.05) is 0 Å². The fourth-order valence-electron chi connectivity index (χ4n) is 2.61.